The minimum absolute atomic E-state index is 0.0257. The van der Waals surface area contributed by atoms with Gasteiger partial charge in [-0.05, 0) is 31.2 Å². The van der Waals surface area contributed by atoms with Crippen LogP contribution in [0.25, 0.3) is 0 Å². The quantitative estimate of drug-likeness (QED) is 0.338. The number of carbonyl (C=O) groups excluding carboxylic acids is 1. The van der Waals surface area contributed by atoms with Gasteiger partial charge >= 0.3 is 5.69 Å². The number of hydrazone groups is 1. The maximum absolute atomic E-state index is 12.0. The van der Waals surface area contributed by atoms with Gasteiger partial charge in [0.2, 0.25) is 5.75 Å². The van der Waals surface area contributed by atoms with Crippen LogP contribution in [0.15, 0.2) is 41.5 Å². The molecule has 0 aliphatic heterocycles. The minimum atomic E-state index is -0.579. The van der Waals surface area contributed by atoms with E-state index < -0.39 is 10.8 Å². The second kappa shape index (κ2) is 8.47. The molecule has 3 N–H and O–H groups in total. The highest BCUT2D eigenvalue weighted by Gasteiger charge is 2.21. The molecule has 0 aliphatic rings. The van der Waals surface area contributed by atoms with Crippen LogP contribution in [-0.4, -0.2) is 30.8 Å². The molecule has 0 spiro atoms. The van der Waals surface area contributed by atoms with Gasteiger partial charge in [0.1, 0.15) is 0 Å². The molecule has 1 amide bonds. The van der Waals surface area contributed by atoms with E-state index in [1.165, 1.54) is 31.5 Å². The summed E-state index contributed by atoms with van der Waals surface area (Å²) in [5.41, 5.74) is 8.87. The highest BCUT2D eigenvalue weighted by Crippen LogP contribution is 2.37. The number of methoxy groups -OCH3 is 1. The van der Waals surface area contributed by atoms with Crippen LogP contribution in [0.1, 0.15) is 22.8 Å². The molecule has 2 aromatic rings. The van der Waals surface area contributed by atoms with Gasteiger partial charge in [0, 0.05) is 22.9 Å². The first kappa shape index (κ1) is 18.7. The Bertz CT molecular complexity index is 851. The molecule has 0 saturated carbocycles. The summed E-state index contributed by atoms with van der Waals surface area (Å²) >= 11 is 0. The smallest absolute Gasteiger partial charge is 0.315 e. The highest BCUT2D eigenvalue weighted by molar-refractivity contribution is 5.95. The SMILES string of the molecule is CCOc1cc(/C=N\NC(=O)c2cccc(N)c2)cc([N+](=O)[O-])c1OC. The Balaban J connectivity index is 2.23. The second-order valence-electron chi connectivity index (χ2n) is 5.09. The van der Waals surface area contributed by atoms with Crippen LogP contribution in [0.3, 0.4) is 0 Å². The lowest BCUT2D eigenvalue weighted by Gasteiger charge is -2.10. The molecule has 0 saturated heterocycles. The second-order valence-corrected chi connectivity index (χ2v) is 5.09. The predicted octanol–water partition coefficient (Wildman–Crippen LogP) is 2.35. The molecule has 136 valence electrons. The summed E-state index contributed by atoms with van der Waals surface area (Å²) in [5.74, 6) is -0.216. The number of hydrogen-bond acceptors (Lipinski definition) is 7. The number of hydrogen-bond donors (Lipinski definition) is 2. The lowest BCUT2D eigenvalue weighted by atomic mass is 10.2. The molecule has 0 aliphatic carbocycles. The molecule has 0 radical (unpaired) electrons. The van der Waals surface area contributed by atoms with Gasteiger partial charge in [0.05, 0.1) is 24.9 Å². The highest BCUT2D eigenvalue weighted by atomic mass is 16.6. The first-order valence-electron chi connectivity index (χ1n) is 7.64. The van der Waals surface area contributed by atoms with Crippen molar-refractivity contribution in [1.29, 1.82) is 0 Å². The van der Waals surface area contributed by atoms with Gasteiger partial charge in [-0.3, -0.25) is 14.9 Å². The summed E-state index contributed by atoms with van der Waals surface area (Å²) in [5, 5.41) is 15.1. The van der Waals surface area contributed by atoms with Gasteiger partial charge in [0.15, 0.2) is 5.75 Å². The zero-order valence-electron chi connectivity index (χ0n) is 14.3. The molecule has 0 bridgehead atoms. The van der Waals surface area contributed by atoms with Crippen LogP contribution >= 0.6 is 0 Å². The van der Waals surface area contributed by atoms with Crippen LogP contribution in [0, 0.1) is 10.1 Å². The number of benzene rings is 2. The Morgan fingerprint density at radius 3 is 2.77 bits per heavy atom. The molecule has 2 rings (SSSR count). The third kappa shape index (κ3) is 4.47. The monoisotopic (exact) mass is 358 g/mol. The van der Waals surface area contributed by atoms with Gasteiger partial charge in [-0.25, -0.2) is 5.43 Å². The molecule has 0 fully saturated rings. The summed E-state index contributed by atoms with van der Waals surface area (Å²) in [6, 6.07) is 9.22. The van der Waals surface area contributed by atoms with E-state index in [2.05, 4.69) is 10.5 Å². The van der Waals surface area contributed by atoms with E-state index >= 15 is 0 Å². The first-order chi connectivity index (χ1) is 12.5. The number of nitro groups is 1. The molecule has 26 heavy (non-hydrogen) atoms. The number of rotatable bonds is 7. The fourth-order valence-corrected chi connectivity index (χ4v) is 2.20. The van der Waals surface area contributed by atoms with Crippen LogP contribution in [0.4, 0.5) is 11.4 Å². The first-order valence-corrected chi connectivity index (χ1v) is 7.64. The number of amides is 1. The Morgan fingerprint density at radius 2 is 2.15 bits per heavy atom. The van der Waals surface area contributed by atoms with Crippen molar-refractivity contribution in [3.05, 3.63) is 57.6 Å². The van der Waals surface area contributed by atoms with Gasteiger partial charge in [0.25, 0.3) is 5.91 Å². The maximum Gasteiger partial charge on any atom is 0.315 e. The van der Waals surface area contributed by atoms with Crippen molar-refractivity contribution in [1.82, 2.24) is 5.43 Å². The summed E-state index contributed by atoms with van der Waals surface area (Å²) in [6.07, 6.45) is 1.28. The number of nitrogens with one attached hydrogen (secondary N) is 1. The number of nitrogen functional groups attached to an aromatic ring is 1. The van der Waals surface area contributed by atoms with Crippen molar-refractivity contribution < 1.29 is 19.2 Å². The number of carbonyl (C=O) groups is 1. The fraction of sp³-hybridized carbons (Fsp3) is 0.176. The van der Waals surface area contributed by atoms with Gasteiger partial charge in [-0.15, -0.1) is 0 Å². The summed E-state index contributed by atoms with van der Waals surface area (Å²) in [6.45, 7) is 2.05. The number of nitrogens with zero attached hydrogens (tertiary/aromatic N) is 2. The Morgan fingerprint density at radius 1 is 1.38 bits per heavy atom. The standard InChI is InChI=1S/C17H18N4O5/c1-3-26-15-8-11(7-14(21(23)24)16(15)25-2)10-19-20-17(22)12-5-4-6-13(18)9-12/h4-10H,3,18H2,1-2H3,(H,20,22)/b19-10-. The van der Waals surface area contributed by atoms with Gasteiger partial charge in [-0.1, -0.05) is 6.07 Å². The van der Waals surface area contributed by atoms with Crippen molar-refractivity contribution in [3.8, 4) is 11.5 Å². The van der Waals surface area contributed by atoms with Crippen LogP contribution in [0.2, 0.25) is 0 Å². The average molecular weight is 358 g/mol. The maximum atomic E-state index is 12.0. The Kier molecular flexibility index (Phi) is 6.10. The Hall–Kier alpha value is -3.62. The normalized spacial score (nSPS) is 10.5. The van der Waals surface area contributed by atoms with Crippen molar-refractivity contribution in [2.75, 3.05) is 19.5 Å². The average Bonchev–Trinajstić information content (AvgIpc) is 2.61. The van der Waals surface area contributed by atoms with E-state index in [0.29, 0.717) is 23.4 Å². The third-order valence-electron chi connectivity index (χ3n) is 3.29. The summed E-state index contributed by atoms with van der Waals surface area (Å²) in [4.78, 5) is 22.7. The van der Waals surface area contributed by atoms with Gasteiger partial charge < -0.3 is 15.2 Å². The zero-order valence-corrected chi connectivity index (χ0v) is 14.3. The predicted molar refractivity (Wildman–Crippen MR) is 96.7 cm³/mol. The number of ether oxygens (including phenoxy) is 2. The van der Waals surface area contributed by atoms with E-state index in [1.54, 1.807) is 25.1 Å². The molecule has 2 aromatic carbocycles. The largest absolute Gasteiger partial charge is 0.490 e. The number of nitro benzene ring substituents is 1. The summed E-state index contributed by atoms with van der Waals surface area (Å²) < 4.78 is 10.4. The lowest BCUT2D eigenvalue weighted by molar-refractivity contribution is -0.385. The van der Waals surface area contributed by atoms with Crippen molar-refractivity contribution in [2.45, 2.75) is 6.92 Å². The van der Waals surface area contributed by atoms with Crippen molar-refractivity contribution >= 4 is 23.5 Å². The molecular weight excluding hydrogens is 340 g/mol. The molecule has 9 heteroatoms. The van der Waals surface area contributed by atoms with Crippen molar-refractivity contribution in [2.24, 2.45) is 5.10 Å². The van der Waals surface area contributed by atoms with E-state index in [4.69, 9.17) is 15.2 Å². The molecule has 0 aromatic heterocycles. The van der Waals surface area contributed by atoms with E-state index in [9.17, 15) is 14.9 Å². The van der Waals surface area contributed by atoms with E-state index in [-0.39, 0.29) is 17.2 Å². The number of nitrogens with two attached hydrogens (primary N) is 1. The molecule has 0 unspecified atom stereocenters. The summed E-state index contributed by atoms with van der Waals surface area (Å²) in [7, 11) is 1.32. The van der Waals surface area contributed by atoms with Crippen LogP contribution in [0.5, 0.6) is 11.5 Å². The molecule has 9 nitrogen and oxygen atoms in total. The molecular formula is C17H18N4O5. The Labute approximate surface area is 149 Å². The van der Waals surface area contributed by atoms with E-state index in [0.717, 1.165) is 0 Å². The molecule has 0 heterocycles. The third-order valence-corrected chi connectivity index (χ3v) is 3.29. The number of anilines is 1. The van der Waals surface area contributed by atoms with Crippen molar-refractivity contribution in [3.63, 3.8) is 0 Å². The topological polar surface area (TPSA) is 129 Å². The fourth-order valence-electron chi connectivity index (χ4n) is 2.20. The van der Waals surface area contributed by atoms with Crippen LogP contribution in [-0.2, 0) is 0 Å². The minimum Gasteiger partial charge on any atom is -0.490 e. The van der Waals surface area contributed by atoms with E-state index in [1.807, 2.05) is 0 Å². The van der Waals surface area contributed by atoms with Gasteiger partial charge in [-0.2, -0.15) is 5.10 Å². The van der Waals surface area contributed by atoms with Crippen LogP contribution < -0.4 is 20.6 Å². The zero-order chi connectivity index (χ0) is 19.1. The lowest BCUT2D eigenvalue weighted by Crippen LogP contribution is -2.17. The molecule has 0 atom stereocenters.